The van der Waals surface area contributed by atoms with Crippen LogP contribution >= 0.6 is 7.82 Å². The summed E-state index contributed by atoms with van der Waals surface area (Å²) in [5.41, 5.74) is 3.44. The van der Waals surface area contributed by atoms with Gasteiger partial charge in [-0.3, -0.25) is 14.2 Å². The standard InChI is InChI=1S/C13H26NO8P/c1-3-5-12(15)19-9-11(22-13(16)6-4-2)10-21-23(17,18)20-8-7-14/h11H,3-10,14H2,1-2H3,(H,17,18)/t11-/m1/s1. The lowest BCUT2D eigenvalue weighted by molar-refractivity contribution is -0.373. The number of carbonyl (C=O) groups is 2. The third kappa shape index (κ3) is 12.1. The molecule has 23 heavy (non-hydrogen) atoms. The van der Waals surface area contributed by atoms with Crippen molar-refractivity contribution in [1.82, 2.24) is 0 Å². The van der Waals surface area contributed by atoms with Crippen LogP contribution in [0, 0.1) is 0 Å². The molecular weight excluding hydrogens is 329 g/mol. The molecule has 0 radical (unpaired) electrons. The summed E-state index contributed by atoms with van der Waals surface area (Å²) in [4.78, 5) is 34.3. The third-order valence-electron chi connectivity index (χ3n) is 2.45. The molecule has 0 aliphatic rings. The number of rotatable bonds is 13. The number of phosphoric acid groups is 1. The van der Waals surface area contributed by atoms with Crippen molar-refractivity contribution in [2.75, 3.05) is 26.4 Å². The molecule has 0 saturated carbocycles. The number of hydrogen-bond acceptors (Lipinski definition) is 8. The van der Waals surface area contributed by atoms with Gasteiger partial charge in [0.15, 0.2) is 6.10 Å². The van der Waals surface area contributed by atoms with Crippen LogP contribution in [-0.4, -0.2) is 44.4 Å². The van der Waals surface area contributed by atoms with Gasteiger partial charge in [-0.05, 0) is 12.8 Å². The lowest BCUT2D eigenvalue weighted by Gasteiger charge is -2.25. The Morgan fingerprint density at radius 2 is 1.70 bits per heavy atom. The van der Waals surface area contributed by atoms with Crippen molar-refractivity contribution >= 4 is 19.8 Å². The third-order valence-corrected chi connectivity index (χ3v) is 3.41. The first-order valence-corrected chi connectivity index (χ1v) is 9.05. The lowest BCUT2D eigenvalue weighted by atomic mass is 10.3. The smallest absolute Gasteiger partial charge is 0.306 e. The minimum Gasteiger partial charge on any atom is -0.756 e. The second kappa shape index (κ2) is 12.4. The molecule has 1 unspecified atom stereocenters. The van der Waals surface area contributed by atoms with Gasteiger partial charge in [0.25, 0.3) is 7.82 Å². The summed E-state index contributed by atoms with van der Waals surface area (Å²) in [6, 6.07) is 0. The predicted octanol–water partition coefficient (Wildman–Crippen LogP) is -0.215. The zero-order valence-electron chi connectivity index (χ0n) is 13.7. The number of hydrogen-bond donors (Lipinski definition) is 1. The monoisotopic (exact) mass is 355 g/mol. The molecular formula is C13H26NO8P. The molecule has 0 aliphatic carbocycles. The fourth-order valence-corrected chi connectivity index (χ4v) is 2.19. The van der Waals surface area contributed by atoms with Crippen molar-refractivity contribution < 1.29 is 43.3 Å². The number of carbonyl (C=O) groups excluding carboxylic acids is 2. The molecule has 10 heteroatoms. The van der Waals surface area contributed by atoms with Crippen molar-refractivity contribution in [3.8, 4) is 0 Å². The van der Waals surface area contributed by atoms with E-state index in [9.17, 15) is 19.0 Å². The van der Waals surface area contributed by atoms with Crippen LogP contribution in [0.25, 0.3) is 0 Å². The van der Waals surface area contributed by atoms with Crippen molar-refractivity contribution in [2.45, 2.75) is 45.6 Å². The van der Waals surface area contributed by atoms with E-state index in [1.165, 1.54) is 0 Å². The van der Waals surface area contributed by atoms with Gasteiger partial charge in [-0.15, -0.1) is 0 Å². The normalized spacial score (nSPS) is 14.8. The predicted molar refractivity (Wildman–Crippen MR) is 77.9 cm³/mol. The van der Waals surface area contributed by atoms with E-state index in [4.69, 9.17) is 9.47 Å². The highest BCUT2D eigenvalue weighted by Gasteiger charge is 2.20. The van der Waals surface area contributed by atoms with E-state index >= 15 is 0 Å². The van der Waals surface area contributed by atoms with Gasteiger partial charge in [0.05, 0.1) is 13.2 Å². The quantitative estimate of drug-likeness (QED) is 0.353. The molecule has 0 rings (SSSR count). The molecule has 136 valence electrons. The molecule has 0 amide bonds. The molecule has 0 spiro atoms. The van der Waals surface area contributed by atoms with Crippen LogP contribution in [0.4, 0.5) is 0 Å². The van der Waals surface area contributed by atoms with Crippen molar-refractivity contribution in [2.24, 2.45) is 0 Å². The SMILES string of the molecule is CCCC(=O)OC[C@H](COP(=O)([O-])OCC[NH3+])OC(=O)CCC. The van der Waals surface area contributed by atoms with E-state index in [2.05, 4.69) is 14.8 Å². The number of esters is 2. The summed E-state index contributed by atoms with van der Waals surface area (Å²) >= 11 is 0. The van der Waals surface area contributed by atoms with Crippen molar-refractivity contribution in [3.63, 3.8) is 0 Å². The Morgan fingerprint density at radius 1 is 1.09 bits per heavy atom. The van der Waals surface area contributed by atoms with E-state index in [-0.39, 0.29) is 32.6 Å². The molecule has 0 aromatic carbocycles. The van der Waals surface area contributed by atoms with Crippen LogP contribution in [0.3, 0.4) is 0 Å². The van der Waals surface area contributed by atoms with Gasteiger partial charge in [-0.1, -0.05) is 13.8 Å². The molecule has 2 atom stereocenters. The Bertz CT molecular complexity index is 403. The summed E-state index contributed by atoms with van der Waals surface area (Å²) in [5.74, 6) is -0.977. The first-order chi connectivity index (χ1) is 10.8. The minimum absolute atomic E-state index is 0.105. The van der Waals surface area contributed by atoms with Crippen LogP contribution in [0.1, 0.15) is 39.5 Å². The largest absolute Gasteiger partial charge is 0.756 e. The van der Waals surface area contributed by atoms with Gasteiger partial charge >= 0.3 is 11.9 Å². The Labute approximate surface area is 136 Å². The molecule has 0 bridgehead atoms. The zero-order chi connectivity index (χ0) is 17.7. The Kier molecular flexibility index (Phi) is 11.9. The van der Waals surface area contributed by atoms with E-state index in [0.29, 0.717) is 12.8 Å². The maximum absolute atomic E-state index is 11.5. The second-order valence-electron chi connectivity index (χ2n) is 4.72. The summed E-state index contributed by atoms with van der Waals surface area (Å²) < 4.78 is 30.6. The average Bonchev–Trinajstić information content (AvgIpc) is 2.48. The maximum Gasteiger partial charge on any atom is 0.306 e. The van der Waals surface area contributed by atoms with Crippen LogP contribution in [0.15, 0.2) is 0 Å². The fraction of sp³-hybridized carbons (Fsp3) is 0.846. The molecule has 3 N–H and O–H groups in total. The summed E-state index contributed by atoms with van der Waals surface area (Å²) in [6.07, 6.45) is 0.578. The molecule has 0 heterocycles. The Hall–Kier alpha value is -0.990. The topological polar surface area (TPSA) is 139 Å². The lowest BCUT2D eigenvalue weighted by Crippen LogP contribution is -2.52. The molecule has 0 aromatic heterocycles. The Morgan fingerprint density at radius 3 is 2.26 bits per heavy atom. The van der Waals surface area contributed by atoms with Crippen molar-refractivity contribution in [1.29, 1.82) is 0 Å². The summed E-state index contributed by atoms with van der Waals surface area (Å²) in [5, 5.41) is 0. The first kappa shape index (κ1) is 22.0. The molecule has 0 aliphatic heterocycles. The maximum atomic E-state index is 11.5. The molecule has 0 saturated heterocycles. The van der Waals surface area contributed by atoms with Crippen LogP contribution in [-0.2, 0) is 32.7 Å². The number of ether oxygens (including phenoxy) is 2. The zero-order valence-corrected chi connectivity index (χ0v) is 14.5. The van der Waals surface area contributed by atoms with Gasteiger partial charge in [0, 0.05) is 12.8 Å². The summed E-state index contributed by atoms with van der Waals surface area (Å²) in [7, 11) is -4.50. The van der Waals surface area contributed by atoms with E-state index in [0.717, 1.165) is 0 Å². The summed E-state index contributed by atoms with van der Waals surface area (Å²) in [6.45, 7) is 3.02. The fourth-order valence-electron chi connectivity index (χ4n) is 1.42. The highest BCUT2D eigenvalue weighted by atomic mass is 31.2. The highest BCUT2D eigenvalue weighted by molar-refractivity contribution is 7.45. The van der Waals surface area contributed by atoms with E-state index in [1.807, 2.05) is 6.92 Å². The number of phosphoric ester groups is 1. The van der Waals surface area contributed by atoms with Gasteiger partial charge < -0.3 is 29.1 Å². The molecule has 0 fully saturated rings. The first-order valence-electron chi connectivity index (χ1n) is 7.59. The van der Waals surface area contributed by atoms with Gasteiger partial charge in [0.1, 0.15) is 13.2 Å². The van der Waals surface area contributed by atoms with Gasteiger partial charge in [0.2, 0.25) is 0 Å². The minimum atomic E-state index is -4.50. The van der Waals surface area contributed by atoms with Crippen LogP contribution in [0.2, 0.25) is 0 Å². The van der Waals surface area contributed by atoms with Gasteiger partial charge in [-0.25, -0.2) is 0 Å². The Balaban J connectivity index is 4.49. The van der Waals surface area contributed by atoms with Crippen LogP contribution in [0.5, 0.6) is 0 Å². The average molecular weight is 355 g/mol. The van der Waals surface area contributed by atoms with E-state index < -0.39 is 32.5 Å². The van der Waals surface area contributed by atoms with E-state index in [1.54, 1.807) is 6.92 Å². The second-order valence-corrected chi connectivity index (χ2v) is 6.14. The highest BCUT2D eigenvalue weighted by Crippen LogP contribution is 2.38. The van der Waals surface area contributed by atoms with Crippen LogP contribution < -0.4 is 10.6 Å². The van der Waals surface area contributed by atoms with Gasteiger partial charge in [-0.2, -0.15) is 0 Å². The molecule has 0 aromatic rings. The molecule has 9 nitrogen and oxygen atoms in total. The number of quaternary nitrogens is 1. The van der Waals surface area contributed by atoms with Crippen molar-refractivity contribution in [3.05, 3.63) is 0 Å².